The molecule has 1 fully saturated rings. The van der Waals surface area contributed by atoms with Crippen molar-refractivity contribution < 1.29 is 0 Å². The smallest absolute Gasteiger partial charge is 0.225 e. The van der Waals surface area contributed by atoms with E-state index in [9.17, 15) is 0 Å². The van der Waals surface area contributed by atoms with Gasteiger partial charge in [0, 0.05) is 45.6 Å². The first kappa shape index (κ1) is 14.1. The summed E-state index contributed by atoms with van der Waals surface area (Å²) in [5.41, 5.74) is 2.26. The second kappa shape index (κ2) is 5.96. The molecule has 118 valence electrons. The van der Waals surface area contributed by atoms with Gasteiger partial charge in [0.2, 0.25) is 5.95 Å². The zero-order chi connectivity index (χ0) is 15.6. The van der Waals surface area contributed by atoms with E-state index >= 15 is 0 Å². The van der Waals surface area contributed by atoms with E-state index < -0.39 is 0 Å². The number of anilines is 1. The molecule has 0 radical (unpaired) electrons. The van der Waals surface area contributed by atoms with Crippen LogP contribution in [0.5, 0.6) is 0 Å². The summed E-state index contributed by atoms with van der Waals surface area (Å²) in [5, 5.41) is 0. The van der Waals surface area contributed by atoms with Crippen LogP contribution in [0.25, 0.3) is 11.0 Å². The lowest BCUT2D eigenvalue weighted by Crippen LogP contribution is -2.46. The van der Waals surface area contributed by atoms with Crippen LogP contribution in [0.2, 0.25) is 0 Å². The molecule has 0 atom stereocenters. The van der Waals surface area contributed by atoms with Gasteiger partial charge >= 0.3 is 0 Å². The summed E-state index contributed by atoms with van der Waals surface area (Å²) in [7, 11) is 2.10. The molecule has 0 N–H and O–H groups in total. The van der Waals surface area contributed by atoms with Crippen molar-refractivity contribution in [1.29, 1.82) is 0 Å². The zero-order valence-corrected chi connectivity index (χ0v) is 13.3. The third-order valence-corrected chi connectivity index (χ3v) is 4.45. The highest BCUT2D eigenvalue weighted by atomic mass is 15.3. The van der Waals surface area contributed by atoms with E-state index in [-0.39, 0.29) is 0 Å². The maximum Gasteiger partial charge on any atom is 0.225 e. The molecule has 6 nitrogen and oxygen atoms in total. The van der Waals surface area contributed by atoms with E-state index in [0.717, 1.165) is 50.0 Å². The van der Waals surface area contributed by atoms with E-state index in [4.69, 9.17) is 4.98 Å². The maximum atomic E-state index is 4.77. The number of aromatic nitrogens is 4. The summed E-state index contributed by atoms with van der Waals surface area (Å²) >= 11 is 0. The molecular formula is C17H20N6. The highest BCUT2D eigenvalue weighted by molar-refractivity contribution is 5.75. The lowest BCUT2D eigenvalue weighted by atomic mass is 10.3. The van der Waals surface area contributed by atoms with Crippen LogP contribution < -0.4 is 4.90 Å². The van der Waals surface area contributed by atoms with Crippen molar-refractivity contribution >= 4 is 17.0 Å². The molecule has 1 aromatic carbocycles. The van der Waals surface area contributed by atoms with Gasteiger partial charge in [0.05, 0.1) is 17.6 Å². The molecular weight excluding hydrogens is 288 g/mol. The highest BCUT2D eigenvalue weighted by Gasteiger charge is 2.20. The summed E-state index contributed by atoms with van der Waals surface area (Å²) in [5.74, 6) is 1.95. The predicted molar refractivity (Wildman–Crippen MR) is 90.2 cm³/mol. The molecule has 6 heteroatoms. The molecule has 0 saturated carbocycles. The Hall–Kier alpha value is -2.47. The van der Waals surface area contributed by atoms with Gasteiger partial charge in [-0.1, -0.05) is 12.1 Å². The molecule has 0 spiro atoms. The quantitative estimate of drug-likeness (QED) is 0.737. The maximum absolute atomic E-state index is 4.77. The number of nitrogens with zero attached hydrogens (tertiary/aromatic N) is 6. The third kappa shape index (κ3) is 2.77. The van der Waals surface area contributed by atoms with Gasteiger partial charge in [-0.15, -0.1) is 0 Å². The van der Waals surface area contributed by atoms with Crippen LogP contribution in [0, 0.1) is 0 Å². The average molecular weight is 308 g/mol. The summed E-state index contributed by atoms with van der Waals surface area (Å²) in [6, 6.07) is 10.1. The Balaban J connectivity index is 1.43. The van der Waals surface area contributed by atoms with Crippen LogP contribution in [0.1, 0.15) is 5.82 Å². The first-order valence-electron chi connectivity index (χ1n) is 7.96. The Morgan fingerprint density at radius 3 is 2.43 bits per heavy atom. The number of piperazine rings is 1. The van der Waals surface area contributed by atoms with Crippen molar-refractivity contribution in [1.82, 2.24) is 24.4 Å². The number of fused-ring (bicyclic) bond motifs is 1. The topological polar surface area (TPSA) is 50.1 Å². The van der Waals surface area contributed by atoms with Gasteiger partial charge in [0.25, 0.3) is 0 Å². The molecule has 1 saturated heterocycles. The lowest BCUT2D eigenvalue weighted by molar-refractivity contribution is 0.241. The molecule has 0 bridgehead atoms. The Labute approximate surface area is 135 Å². The molecule has 1 aliphatic heterocycles. The second-order valence-corrected chi connectivity index (χ2v) is 5.89. The molecule has 23 heavy (non-hydrogen) atoms. The number of aryl methyl sites for hydroxylation is 1. The molecule has 0 unspecified atom stereocenters. The van der Waals surface area contributed by atoms with Crippen molar-refractivity contribution in [2.75, 3.05) is 31.1 Å². The minimum atomic E-state index is 0.829. The Kier molecular flexibility index (Phi) is 3.67. The first-order chi connectivity index (χ1) is 11.3. The fraction of sp³-hybridized carbons (Fsp3) is 0.353. The number of imidazole rings is 1. The van der Waals surface area contributed by atoms with E-state index in [1.54, 1.807) is 12.4 Å². The molecule has 3 heterocycles. The average Bonchev–Trinajstić information content (AvgIpc) is 2.93. The van der Waals surface area contributed by atoms with Crippen molar-refractivity contribution in [2.24, 2.45) is 7.05 Å². The van der Waals surface area contributed by atoms with Crippen LogP contribution in [-0.2, 0) is 13.6 Å². The number of benzene rings is 1. The van der Waals surface area contributed by atoms with Gasteiger partial charge in [-0.25, -0.2) is 15.0 Å². The zero-order valence-electron chi connectivity index (χ0n) is 13.3. The number of para-hydroxylation sites is 2. The summed E-state index contributed by atoms with van der Waals surface area (Å²) in [4.78, 5) is 18.1. The van der Waals surface area contributed by atoms with Crippen molar-refractivity contribution in [3.05, 3.63) is 48.5 Å². The van der Waals surface area contributed by atoms with Crippen molar-refractivity contribution in [3.8, 4) is 0 Å². The summed E-state index contributed by atoms with van der Waals surface area (Å²) in [6.45, 7) is 4.79. The third-order valence-electron chi connectivity index (χ3n) is 4.45. The Bertz CT molecular complexity index is 789. The summed E-state index contributed by atoms with van der Waals surface area (Å²) < 4.78 is 2.20. The van der Waals surface area contributed by atoms with Gasteiger partial charge in [-0.3, -0.25) is 4.90 Å². The molecule has 3 aromatic rings. The van der Waals surface area contributed by atoms with Crippen LogP contribution in [-0.4, -0.2) is 50.6 Å². The Morgan fingerprint density at radius 1 is 0.957 bits per heavy atom. The second-order valence-electron chi connectivity index (χ2n) is 5.89. The molecule has 1 aliphatic rings. The van der Waals surface area contributed by atoms with Gasteiger partial charge in [0.15, 0.2) is 0 Å². The van der Waals surface area contributed by atoms with Crippen LogP contribution in [0.15, 0.2) is 42.7 Å². The van der Waals surface area contributed by atoms with Gasteiger partial charge in [-0.05, 0) is 18.2 Å². The van der Waals surface area contributed by atoms with E-state index in [2.05, 4.69) is 49.6 Å². The SMILES string of the molecule is Cn1c(CN2CCN(c3ncccn3)CC2)nc2ccccc21. The van der Waals surface area contributed by atoms with E-state index in [1.165, 1.54) is 5.52 Å². The van der Waals surface area contributed by atoms with E-state index in [0.29, 0.717) is 0 Å². The molecule has 0 aliphatic carbocycles. The molecule has 2 aromatic heterocycles. The standard InChI is InChI=1S/C17H20N6/c1-21-15-6-3-2-5-14(15)20-16(21)13-22-9-11-23(12-10-22)17-18-7-4-8-19-17/h2-8H,9-13H2,1H3. The molecule has 4 rings (SSSR count). The van der Waals surface area contributed by atoms with Crippen molar-refractivity contribution in [3.63, 3.8) is 0 Å². The number of rotatable bonds is 3. The van der Waals surface area contributed by atoms with Gasteiger partial charge < -0.3 is 9.47 Å². The van der Waals surface area contributed by atoms with Crippen LogP contribution in [0.3, 0.4) is 0 Å². The monoisotopic (exact) mass is 308 g/mol. The fourth-order valence-corrected chi connectivity index (χ4v) is 3.10. The fourth-order valence-electron chi connectivity index (χ4n) is 3.10. The predicted octanol–water partition coefficient (Wildman–Crippen LogP) is 1.69. The number of hydrogen-bond donors (Lipinski definition) is 0. The van der Waals surface area contributed by atoms with Crippen LogP contribution in [0.4, 0.5) is 5.95 Å². The first-order valence-corrected chi connectivity index (χ1v) is 7.96. The largest absolute Gasteiger partial charge is 0.338 e. The Morgan fingerprint density at radius 2 is 1.70 bits per heavy atom. The minimum Gasteiger partial charge on any atom is -0.338 e. The highest BCUT2D eigenvalue weighted by Crippen LogP contribution is 2.17. The summed E-state index contributed by atoms with van der Waals surface area (Å²) in [6.07, 6.45) is 3.60. The lowest BCUT2D eigenvalue weighted by Gasteiger charge is -2.34. The number of hydrogen-bond acceptors (Lipinski definition) is 5. The van der Waals surface area contributed by atoms with E-state index in [1.807, 2.05) is 12.1 Å². The minimum absolute atomic E-state index is 0.829. The normalized spacial score (nSPS) is 16.1. The van der Waals surface area contributed by atoms with Gasteiger partial charge in [-0.2, -0.15) is 0 Å². The van der Waals surface area contributed by atoms with Crippen molar-refractivity contribution in [2.45, 2.75) is 6.54 Å². The molecule has 0 amide bonds. The van der Waals surface area contributed by atoms with Crippen LogP contribution >= 0.6 is 0 Å². The van der Waals surface area contributed by atoms with Gasteiger partial charge in [0.1, 0.15) is 5.82 Å².